The highest BCUT2D eigenvalue weighted by atomic mass is 32.2. The molecule has 1 aliphatic carbocycles. The van der Waals surface area contributed by atoms with Gasteiger partial charge in [-0.05, 0) is 60.7 Å². The molecule has 2 fully saturated rings. The van der Waals surface area contributed by atoms with Crippen LogP contribution in [0.25, 0.3) is 0 Å². The summed E-state index contributed by atoms with van der Waals surface area (Å²) < 4.78 is 13.0. The van der Waals surface area contributed by atoms with Gasteiger partial charge in [-0.15, -0.1) is 0 Å². The molecule has 0 radical (unpaired) electrons. The van der Waals surface area contributed by atoms with Crippen LogP contribution >= 0.6 is 11.8 Å². The Labute approximate surface area is 179 Å². The zero-order valence-electron chi connectivity index (χ0n) is 16.6. The molecule has 0 unspecified atom stereocenters. The van der Waals surface area contributed by atoms with Gasteiger partial charge in [0.1, 0.15) is 11.1 Å². The summed E-state index contributed by atoms with van der Waals surface area (Å²) in [6.07, 6.45) is 6.46. The van der Waals surface area contributed by atoms with Crippen molar-refractivity contribution in [1.82, 2.24) is 5.32 Å². The van der Waals surface area contributed by atoms with Gasteiger partial charge < -0.3 is 10.6 Å². The Morgan fingerprint density at radius 3 is 2.47 bits per heavy atom. The van der Waals surface area contributed by atoms with Gasteiger partial charge in [-0.25, -0.2) is 9.38 Å². The SMILES string of the molecule is O=C(C[C@@H]1SC(=Nc2ccc(C3CCCCC3)cc2)NC1=O)Nc1ccc(F)cc1. The maximum atomic E-state index is 13.0. The minimum atomic E-state index is -0.536. The van der Waals surface area contributed by atoms with Crippen molar-refractivity contribution in [1.29, 1.82) is 0 Å². The third kappa shape index (κ3) is 5.27. The maximum absolute atomic E-state index is 13.0. The first-order chi connectivity index (χ1) is 14.6. The molecule has 30 heavy (non-hydrogen) atoms. The zero-order valence-corrected chi connectivity index (χ0v) is 17.4. The average Bonchev–Trinajstić information content (AvgIpc) is 3.09. The summed E-state index contributed by atoms with van der Waals surface area (Å²) in [7, 11) is 0. The highest BCUT2D eigenvalue weighted by Gasteiger charge is 2.32. The average molecular weight is 426 g/mol. The lowest BCUT2D eigenvalue weighted by molar-refractivity contribution is -0.122. The summed E-state index contributed by atoms with van der Waals surface area (Å²) >= 11 is 1.26. The summed E-state index contributed by atoms with van der Waals surface area (Å²) in [5.41, 5.74) is 2.64. The van der Waals surface area contributed by atoms with Gasteiger partial charge in [0.15, 0.2) is 5.17 Å². The fourth-order valence-electron chi connectivity index (χ4n) is 3.88. The zero-order chi connectivity index (χ0) is 20.9. The second-order valence-corrected chi connectivity index (χ2v) is 8.89. The highest BCUT2D eigenvalue weighted by Crippen LogP contribution is 2.33. The molecule has 1 atom stereocenters. The van der Waals surface area contributed by atoms with Crippen molar-refractivity contribution in [3.63, 3.8) is 0 Å². The summed E-state index contributed by atoms with van der Waals surface area (Å²) in [6, 6.07) is 13.7. The Morgan fingerprint density at radius 2 is 1.77 bits per heavy atom. The number of halogens is 1. The number of carbonyl (C=O) groups excluding carboxylic acids is 2. The first-order valence-corrected chi connectivity index (χ1v) is 11.2. The lowest BCUT2D eigenvalue weighted by Gasteiger charge is -2.21. The molecular weight excluding hydrogens is 401 g/mol. The molecule has 2 N–H and O–H groups in total. The van der Waals surface area contributed by atoms with Gasteiger partial charge in [-0.3, -0.25) is 9.59 Å². The van der Waals surface area contributed by atoms with Crippen LogP contribution in [0.1, 0.15) is 50.0 Å². The van der Waals surface area contributed by atoms with Gasteiger partial charge in [0, 0.05) is 12.1 Å². The van der Waals surface area contributed by atoms with Crippen LogP contribution in [0, 0.1) is 5.82 Å². The summed E-state index contributed by atoms with van der Waals surface area (Å²) in [5.74, 6) is -0.254. The van der Waals surface area contributed by atoms with Crippen LogP contribution in [0.4, 0.5) is 15.8 Å². The van der Waals surface area contributed by atoms with Crippen LogP contribution in [0.5, 0.6) is 0 Å². The van der Waals surface area contributed by atoms with Crippen molar-refractivity contribution in [2.75, 3.05) is 5.32 Å². The summed E-state index contributed by atoms with van der Waals surface area (Å²) in [6.45, 7) is 0. The van der Waals surface area contributed by atoms with Crippen molar-refractivity contribution in [2.45, 2.75) is 49.7 Å². The Bertz CT molecular complexity index is 938. The number of amidine groups is 1. The molecule has 0 spiro atoms. The minimum absolute atomic E-state index is 0.0213. The van der Waals surface area contributed by atoms with Crippen LogP contribution in [0.2, 0.25) is 0 Å². The Balaban J connectivity index is 1.33. The molecule has 4 rings (SSSR count). The number of carbonyl (C=O) groups is 2. The number of nitrogens with zero attached hydrogens (tertiary/aromatic N) is 1. The minimum Gasteiger partial charge on any atom is -0.326 e. The van der Waals surface area contributed by atoms with E-state index in [1.807, 2.05) is 12.1 Å². The van der Waals surface area contributed by atoms with E-state index in [2.05, 4.69) is 27.8 Å². The molecule has 1 heterocycles. The van der Waals surface area contributed by atoms with E-state index in [1.165, 1.54) is 73.7 Å². The van der Waals surface area contributed by atoms with Crippen molar-refractivity contribution in [3.8, 4) is 0 Å². The van der Waals surface area contributed by atoms with Crippen LogP contribution in [-0.4, -0.2) is 22.2 Å². The van der Waals surface area contributed by atoms with Crippen LogP contribution in [-0.2, 0) is 9.59 Å². The number of hydrogen-bond donors (Lipinski definition) is 2. The molecule has 2 aromatic rings. The highest BCUT2D eigenvalue weighted by molar-refractivity contribution is 8.15. The number of amides is 2. The number of anilines is 1. The van der Waals surface area contributed by atoms with Crippen LogP contribution in [0.15, 0.2) is 53.5 Å². The van der Waals surface area contributed by atoms with E-state index in [9.17, 15) is 14.0 Å². The Hall–Kier alpha value is -2.67. The number of benzene rings is 2. The van der Waals surface area contributed by atoms with E-state index in [0.29, 0.717) is 16.8 Å². The Kier molecular flexibility index (Phi) is 6.47. The Morgan fingerprint density at radius 1 is 1.07 bits per heavy atom. The predicted molar refractivity (Wildman–Crippen MR) is 119 cm³/mol. The maximum Gasteiger partial charge on any atom is 0.240 e. The predicted octanol–water partition coefficient (Wildman–Crippen LogP) is 5.12. The van der Waals surface area contributed by atoms with E-state index in [4.69, 9.17) is 0 Å². The van der Waals surface area contributed by atoms with Crippen molar-refractivity contribution < 1.29 is 14.0 Å². The normalized spacial score (nSPS) is 20.9. The lowest BCUT2D eigenvalue weighted by Crippen LogP contribution is -2.28. The van der Waals surface area contributed by atoms with E-state index in [-0.39, 0.29) is 24.1 Å². The largest absolute Gasteiger partial charge is 0.326 e. The van der Waals surface area contributed by atoms with Gasteiger partial charge in [0.05, 0.1) is 5.69 Å². The number of hydrogen-bond acceptors (Lipinski definition) is 4. The fraction of sp³-hybridized carbons (Fsp3) is 0.348. The van der Waals surface area contributed by atoms with Crippen molar-refractivity contribution >= 4 is 40.1 Å². The topological polar surface area (TPSA) is 70.6 Å². The molecule has 0 bridgehead atoms. The number of nitrogens with one attached hydrogen (secondary N) is 2. The molecule has 7 heteroatoms. The van der Waals surface area contributed by atoms with Gasteiger partial charge in [-0.1, -0.05) is 43.2 Å². The van der Waals surface area contributed by atoms with Gasteiger partial charge >= 0.3 is 0 Å². The van der Waals surface area contributed by atoms with Gasteiger partial charge in [0.25, 0.3) is 0 Å². The molecule has 2 aromatic carbocycles. The van der Waals surface area contributed by atoms with Crippen LogP contribution < -0.4 is 10.6 Å². The molecule has 0 aromatic heterocycles. The quantitative estimate of drug-likeness (QED) is 0.698. The first-order valence-electron chi connectivity index (χ1n) is 10.3. The third-order valence-corrected chi connectivity index (χ3v) is 6.56. The molecular formula is C23H24FN3O2S. The molecule has 5 nitrogen and oxygen atoms in total. The molecule has 1 aliphatic heterocycles. The molecule has 1 saturated heterocycles. The second-order valence-electron chi connectivity index (χ2n) is 7.70. The van der Waals surface area contributed by atoms with E-state index in [0.717, 1.165) is 5.69 Å². The molecule has 1 saturated carbocycles. The van der Waals surface area contributed by atoms with E-state index >= 15 is 0 Å². The third-order valence-electron chi connectivity index (χ3n) is 5.48. The molecule has 156 valence electrons. The number of aliphatic imine (C=N–C) groups is 1. The molecule has 2 aliphatic rings. The summed E-state index contributed by atoms with van der Waals surface area (Å²) in [5, 5.41) is 5.40. The van der Waals surface area contributed by atoms with Gasteiger partial charge in [-0.2, -0.15) is 0 Å². The fourth-order valence-corrected chi connectivity index (χ4v) is 4.87. The van der Waals surface area contributed by atoms with Gasteiger partial charge in [0.2, 0.25) is 11.8 Å². The monoisotopic (exact) mass is 425 g/mol. The first kappa shape index (κ1) is 20.6. The van der Waals surface area contributed by atoms with Crippen molar-refractivity contribution in [2.24, 2.45) is 4.99 Å². The number of thioether (sulfide) groups is 1. The lowest BCUT2D eigenvalue weighted by atomic mass is 9.84. The smallest absolute Gasteiger partial charge is 0.240 e. The van der Waals surface area contributed by atoms with Crippen molar-refractivity contribution in [3.05, 3.63) is 59.9 Å². The molecule has 2 amide bonds. The second kappa shape index (κ2) is 9.43. The van der Waals surface area contributed by atoms with Crippen LogP contribution in [0.3, 0.4) is 0 Å². The summed E-state index contributed by atoms with van der Waals surface area (Å²) in [4.78, 5) is 29.0. The van der Waals surface area contributed by atoms with E-state index in [1.54, 1.807) is 0 Å². The standard InChI is InChI=1S/C23H24FN3O2S/c24-17-8-12-18(13-9-17)25-21(28)14-20-22(29)27-23(30-20)26-19-10-6-16(7-11-19)15-4-2-1-3-5-15/h6-13,15,20H,1-5,14H2,(H,25,28)(H,26,27,29)/t20-/m0/s1. The van der Waals surface area contributed by atoms with E-state index < -0.39 is 5.25 Å². The number of rotatable bonds is 5.